The van der Waals surface area contributed by atoms with Crippen LogP contribution in [0, 0.1) is 0 Å². The molecule has 0 saturated carbocycles. The molecule has 1 heterocycles. The van der Waals surface area contributed by atoms with Crippen molar-refractivity contribution in [3.8, 4) is 0 Å². The van der Waals surface area contributed by atoms with Gasteiger partial charge in [0.25, 0.3) is 5.91 Å². The maximum atomic E-state index is 12.3. The van der Waals surface area contributed by atoms with Crippen molar-refractivity contribution in [2.24, 2.45) is 0 Å². The summed E-state index contributed by atoms with van der Waals surface area (Å²) in [5, 5.41) is 4.86. The first-order valence-corrected chi connectivity index (χ1v) is 8.09. The molecule has 0 aliphatic rings. The summed E-state index contributed by atoms with van der Waals surface area (Å²) in [7, 11) is 0. The number of aromatic nitrogens is 1. The van der Waals surface area contributed by atoms with Crippen molar-refractivity contribution in [2.75, 3.05) is 5.32 Å². The van der Waals surface area contributed by atoms with Gasteiger partial charge in [-0.15, -0.1) is 0 Å². The summed E-state index contributed by atoms with van der Waals surface area (Å²) in [5.41, 5.74) is 7.17. The number of rotatable bonds is 2. The molecule has 0 spiro atoms. The molecule has 122 valence electrons. The van der Waals surface area contributed by atoms with Gasteiger partial charge in [0.15, 0.2) is 5.11 Å². The van der Waals surface area contributed by atoms with Gasteiger partial charge in [0.1, 0.15) is 0 Å². The second-order valence-corrected chi connectivity index (χ2v) is 6.16. The van der Waals surface area contributed by atoms with Crippen LogP contribution >= 0.6 is 35.4 Å². The SMILES string of the molecule is O=C(NNC(=S)Nc1ccc(Cl)cc1Cl)c1c[nH]c2ccccc12. The third kappa shape index (κ3) is 3.62. The van der Waals surface area contributed by atoms with Crippen molar-refractivity contribution in [3.63, 3.8) is 0 Å². The van der Waals surface area contributed by atoms with Crippen LogP contribution in [0.5, 0.6) is 0 Å². The molecule has 1 amide bonds. The Morgan fingerprint density at radius 2 is 1.88 bits per heavy atom. The number of hydrogen-bond donors (Lipinski definition) is 4. The highest BCUT2D eigenvalue weighted by atomic mass is 35.5. The lowest BCUT2D eigenvalue weighted by Crippen LogP contribution is -2.43. The van der Waals surface area contributed by atoms with E-state index in [-0.39, 0.29) is 11.0 Å². The first-order valence-electron chi connectivity index (χ1n) is 6.93. The number of carbonyl (C=O) groups excluding carboxylic acids is 1. The molecule has 2 aromatic carbocycles. The number of thiocarbonyl (C=S) groups is 1. The zero-order chi connectivity index (χ0) is 17.1. The molecule has 3 rings (SSSR count). The number of hydrogen-bond acceptors (Lipinski definition) is 2. The fourth-order valence-electron chi connectivity index (χ4n) is 2.18. The van der Waals surface area contributed by atoms with Gasteiger partial charge in [-0.05, 0) is 36.5 Å². The molecule has 0 aliphatic heterocycles. The maximum Gasteiger partial charge on any atom is 0.271 e. The minimum absolute atomic E-state index is 0.201. The average Bonchev–Trinajstić information content (AvgIpc) is 2.99. The Morgan fingerprint density at radius 3 is 2.67 bits per heavy atom. The van der Waals surface area contributed by atoms with Crippen molar-refractivity contribution < 1.29 is 4.79 Å². The topological polar surface area (TPSA) is 69.0 Å². The highest BCUT2D eigenvalue weighted by molar-refractivity contribution is 7.80. The fourth-order valence-corrected chi connectivity index (χ4v) is 2.80. The van der Waals surface area contributed by atoms with Crippen molar-refractivity contribution in [2.45, 2.75) is 0 Å². The Labute approximate surface area is 153 Å². The summed E-state index contributed by atoms with van der Waals surface area (Å²) in [6.45, 7) is 0. The smallest absolute Gasteiger partial charge is 0.271 e. The largest absolute Gasteiger partial charge is 0.360 e. The standard InChI is InChI=1S/C16H12Cl2N4OS/c17-9-5-6-14(12(18)7-9)20-16(24)22-21-15(23)11-8-19-13-4-2-1-3-10(11)13/h1-8,19H,(H,21,23)(H2,20,22,24). The predicted octanol–water partition coefficient (Wildman–Crippen LogP) is 4.11. The average molecular weight is 379 g/mol. The van der Waals surface area contributed by atoms with Crippen LogP contribution in [0.25, 0.3) is 10.9 Å². The van der Waals surface area contributed by atoms with E-state index in [9.17, 15) is 4.79 Å². The van der Waals surface area contributed by atoms with Crippen LogP contribution in [-0.2, 0) is 0 Å². The van der Waals surface area contributed by atoms with E-state index in [2.05, 4.69) is 21.2 Å². The zero-order valence-corrected chi connectivity index (χ0v) is 14.5. The van der Waals surface area contributed by atoms with Crippen LogP contribution in [0.1, 0.15) is 10.4 Å². The lowest BCUT2D eigenvalue weighted by Gasteiger charge is -2.12. The van der Waals surface area contributed by atoms with Crippen LogP contribution in [0.15, 0.2) is 48.7 Å². The van der Waals surface area contributed by atoms with Gasteiger partial charge >= 0.3 is 0 Å². The zero-order valence-electron chi connectivity index (χ0n) is 12.2. The first-order chi connectivity index (χ1) is 11.5. The predicted molar refractivity (Wildman–Crippen MR) is 102 cm³/mol. The minimum Gasteiger partial charge on any atom is -0.360 e. The second-order valence-electron chi connectivity index (χ2n) is 4.91. The number of halogens is 2. The Bertz CT molecular complexity index is 925. The van der Waals surface area contributed by atoms with Crippen molar-refractivity contribution in [3.05, 3.63) is 64.3 Å². The number of hydrazine groups is 1. The molecule has 0 bridgehead atoms. The molecule has 0 radical (unpaired) electrons. The van der Waals surface area contributed by atoms with E-state index in [1.54, 1.807) is 24.4 Å². The van der Waals surface area contributed by atoms with Crippen LogP contribution in [0.2, 0.25) is 10.0 Å². The molecular formula is C16H12Cl2N4OS. The minimum atomic E-state index is -0.307. The van der Waals surface area contributed by atoms with E-state index in [1.807, 2.05) is 24.3 Å². The summed E-state index contributed by atoms with van der Waals surface area (Å²) in [4.78, 5) is 15.3. The molecule has 4 N–H and O–H groups in total. The van der Waals surface area contributed by atoms with Gasteiger partial charge in [-0.25, -0.2) is 0 Å². The maximum absolute atomic E-state index is 12.3. The van der Waals surface area contributed by atoms with Gasteiger partial charge in [-0.1, -0.05) is 41.4 Å². The molecule has 1 aromatic heterocycles. The summed E-state index contributed by atoms with van der Waals surface area (Å²) in [6, 6.07) is 12.5. The Balaban J connectivity index is 1.62. The number of para-hydroxylation sites is 1. The summed E-state index contributed by atoms with van der Waals surface area (Å²) in [6.07, 6.45) is 1.65. The van der Waals surface area contributed by atoms with Gasteiger partial charge in [0, 0.05) is 22.1 Å². The second kappa shape index (κ2) is 7.09. The number of benzene rings is 2. The van der Waals surface area contributed by atoms with E-state index in [0.29, 0.717) is 21.3 Å². The molecule has 5 nitrogen and oxygen atoms in total. The number of H-pyrrole nitrogens is 1. The molecule has 0 atom stereocenters. The summed E-state index contributed by atoms with van der Waals surface area (Å²) >= 11 is 17.0. The summed E-state index contributed by atoms with van der Waals surface area (Å²) in [5.74, 6) is -0.307. The third-order valence-electron chi connectivity index (χ3n) is 3.30. The Kier molecular flexibility index (Phi) is 4.89. The van der Waals surface area contributed by atoms with Gasteiger partial charge < -0.3 is 10.3 Å². The molecule has 24 heavy (non-hydrogen) atoms. The fraction of sp³-hybridized carbons (Fsp3) is 0. The van der Waals surface area contributed by atoms with Crippen molar-refractivity contribution in [1.29, 1.82) is 0 Å². The lowest BCUT2D eigenvalue weighted by atomic mass is 10.2. The molecule has 8 heteroatoms. The van der Waals surface area contributed by atoms with Crippen LogP contribution in [0.3, 0.4) is 0 Å². The number of fused-ring (bicyclic) bond motifs is 1. The van der Waals surface area contributed by atoms with Crippen LogP contribution < -0.4 is 16.2 Å². The summed E-state index contributed by atoms with van der Waals surface area (Å²) < 4.78 is 0. The van der Waals surface area contributed by atoms with E-state index < -0.39 is 0 Å². The molecule has 0 fully saturated rings. The van der Waals surface area contributed by atoms with Gasteiger partial charge in [-0.3, -0.25) is 15.6 Å². The van der Waals surface area contributed by atoms with Crippen LogP contribution in [0.4, 0.5) is 5.69 Å². The number of aromatic amines is 1. The van der Waals surface area contributed by atoms with Crippen LogP contribution in [-0.4, -0.2) is 16.0 Å². The number of amides is 1. The van der Waals surface area contributed by atoms with Crippen molar-refractivity contribution >= 4 is 63.0 Å². The lowest BCUT2D eigenvalue weighted by molar-refractivity contribution is 0.0946. The van der Waals surface area contributed by atoms with Gasteiger partial charge in [-0.2, -0.15) is 0 Å². The highest BCUT2D eigenvalue weighted by Crippen LogP contribution is 2.25. The van der Waals surface area contributed by atoms with E-state index in [1.165, 1.54) is 0 Å². The molecule has 3 aromatic rings. The van der Waals surface area contributed by atoms with E-state index in [0.717, 1.165) is 10.9 Å². The highest BCUT2D eigenvalue weighted by Gasteiger charge is 2.12. The van der Waals surface area contributed by atoms with Gasteiger partial charge in [0.05, 0.1) is 16.3 Å². The van der Waals surface area contributed by atoms with E-state index in [4.69, 9.17) is 35.4 Å². The normalized spacial score (nSPS) is 10.4. The Morgan fingerprint density at radius 1 is 1.08 bits per heavy atom. The molecular weight excluding hydrogens is 367 g/mol. The molecule has 0 saturated heterocycles. The van der Waals surface area contributed by atoms with Gasteiger partial charge in [0.2, 0.25) is 0 Å². The number of nitrogens with one attached hydrogen (secondary N) is 4. The number of carbonyl (C=O) groups is 1. The third-order valence-corrected chi connectivity index (χ3v) is 4.05. The van der Waals surface area contributed by atoms with E-state index >= 15 is 0 Å². The monoisotopic (exact) mass is 378 g/mol. The quantitative estimate of drug-likeness (QED) is 0.400. The van der Waals surface area contributed by atoms with Crippen molar-refractivity contribution in [1.82, 2.24) is 15.8 Å². The number of anilines is 1. The Hall–Kier alpha value is -2.28. The first kappa shape index (κ1) is 16.6. The molecule has 0 unspecified atom stereocenters. The molecule has 0 aliphatic carbocycles.